The Morgan fingerprint density at radius 3 is 2.62 bits per heavy atom. The minimum Gasteiger partial charge on any atom is -0.348 e. The normalized spacial score (nSPS) is 14.2. The van der Waals surface area contributed by atoms with Crippen molar-refractivity contribution in [1.29, 1.82) is 0 Å². The Kier molecular flexibility index (Phi) is 6.80. The van der Waals surface area contributed by atoms with Crippen molar-refractivity contribution in [2.75, 3.05) is 32.7 Å². The Balaban J connectivity index is 2.30. The fourth-order valence-electron chi connectivity index (χ4n) is 2.14. The van der Waals surface area contributed by atoms with E-state index >= 15 is 0 Å². The first-order valence-corrected chi connectivity index (χ1v) is 7.05. The second-order valence-electron chi connectivity index (χ2n) is 4.86. The van der Waals surface area contributed by atoms with Gasteiger partial charge >= 0.3 is 11.8 Å². The molecule has 8 nitrogen and oxygen atoms in total. The molecule has 4 amide bonds. The number of carbonyl (C=O) groups excluding carboxylic acids is 4. The van der Waals surface area contributed by atoms with E-state index in [9.17, 15) is 19.2 Å². The zero-order valence-corrected chi connectivity index (χ0v) is 12.3. The number of hydrogen-bond acceptors (Lipinski definition) is 5. The molecule has 0 aromatic heterocycles. The smallest absolute Gasteiger partial charge is 0.318 e. The highest BCUT2D eigenvalue weighted by Gasteiger charge is 2.24. The average molecular weight is 298 g/mol. The van der Waals surface area contributed by atoms with Crippen LogP contribution in [0.5, 0.6) is 0 Å². The maximum Gasteiger partial charge on any atom is 0.318 e. The van der Waals surface area contributed by atoms with E-state index in [-0.39, 0.29) is 25.5 Å². The highest BCUT2D eigenvalue weighted by atomic mass is 16.2. The van der Waals surface area contributed by atoms with Crippen LogP contribution in [0.25, 0.3) is 0 Å². The molecule has 0 aromatic rings. The van der Waals surface area contributed by atoms with Gasteiger partial charge in [0.25, 0.3) is 0 Å². The predicted octanol–water partition coefficient (Wildman–Crippen LogP) is -1.55. The standard InChI is InChI=1S/C13H22N4O4/c1-10(18)17(9-5-14)13(21)12(20)15-6-3-8-16-7-2-4-11(16)19/h2-9,14H2,1H3,(H,15,20). The zero-order valence-electron chi connectivity index (χ0n) is 12.3. The van der Waals surface area contributed by atoms with Gasteiger partial charge < -0.3 is 16.0 Å². The van der Waals surface area contributed by atoms with E-state index in [1.165, 1.54) is 6.92 Å². The highest BCUT2D eigenvalue weighted by molar-refractivity contribution is 6.37. The summed E-state index contributed by atoms with van der Waals surface area (Å²) in [6.07, 6.45) is 2.02. The molecule has 21 heavy (non-hydrogen) atoms. The van der Waals surface area contributed by atoms with E-state index < -0.39 is 17.7 Å². The molecular formula is C13H22N4O4. The Labute approximate surface area is 123 Å². The van der Waals surface area contributed by atoms with Crippen molar-refractivity contribution in [3.63, 3.8) is 0 Å². The molecule has 3 N–H and O–H groups in total. The summed E-state index contributed by atoms with van der Waals surface area (Å²) in [6, 6.07) is 0. The predicted molar refractivity (Wildman–Crippen MR) is 74.9 cm³/mol. The Morgan fingerprint density at radius 2 is 2.10 bits per heavy atom. The summed E-state index contributed by atoms with van der Waals surface area (Å²) < 4.78 is 0. The van der Waals surface area contributed by atoms with Crippen molar-refractivity contribution < 1.29 is 19.2 Å². The lowest BCUT2D eigenvalue weighted by atomic mass is 10.3. The molecular weight excluding hydrogens is 276 g/mol. The molecule has 0 bridgehead atoms. The molecule has 1 rings (SSSR count). The van der Waals surface area contributed by atoms with Crippen molar-refractivity contribution in [1.82, 2.24) is 15.1 Å². The number of hydrogen-bond donors (Lipinski definition) is 2. The summed E-state index contributed by atoms with van der Waals surface area (Å²) in [4.78, 5) is 48.6. The number of nitrogens with one attached hydrogen (secondary N) is 1. The zero-order chi connectivity index (χ0) is 15.8. The van der Waals surface area contributed by atoms with Gasteiger partial charge in [-0.25, -0.2) is 0 Å². The van der Waals surface area contributed by atoms with Crippen LogP contribution in [0.1, 0.15) is 26.2 Å². The summed E-state index contributed by atoms with van der Waals surface area (Å²) in [5.74, 6) is -2.11. The van der Waals surface area contributed by atoms with Gasteiger partial charge in [0.2, 0.25) is 11.8 Å². The van der Waals surface area contributed by atoms with Gasteiger partial charge in [0, 0.05) is 46.1 Å². The molecule has 1 fully saturated rings. The van der Waals surface area contributed by atoms with Crippen molar-refractivity contribution in [2.24, 2.45) is 5.73 Å². The van der Waals surface area contributed by atoms with Gasteiger partial charge in [-0.1, -0.05) is 0 Å². The summed E-state index contributed by atoms with van der Waals surface area (Å²) in [5, 5.41) is 2.45. The first-order chi connectivity index (χ1) is 9.97. The van der Waals surface area contributed by atoms with E-state index in [1.807, 2.05) is 0 Å². The van der Waals surface area contributed by atoms with E-state index in [2.05, 4.69) is 5.32 Å². The quantitative estimate of drug-likeness (QED) is 0.455. The molecule has 1 aliphatic heterocycles. The van der Waals surface area contributed by atoms with Gasteiger partial charge in [-0.15, -0.1) is 0 Å². The van der Waals surface area contributed by atoms with Crippen LogP contribution in [-0.2, 0) is 19.2 Å². The topological polar surface area (TPSA) is 113 Å². The van der Waals surface area contributed by atoms with Gasteiger partial charge in [0.1, 0.15) is 0 Å². The molecule has 0 atom stereocenters. The van der Waals surface area contributed by atoms with E-state index in [0.717, 1.165) is 17.9 Å². The molecule has 0 aliphatic carbocycles. The lowest BCUT2D eigenvalue weighted by molar-refractivity contribution is -0.151. The van der Waals surface area contributed by atoms with Crippen LogP contribution in [0, 0.1) is 0 Å². The fraction of sp³-hybridized carbons (Fsp3) is 0.692. The van der Waals surface area contributed by atoms with Gasteiger partial charge in [0.05, 0.1) is 0 Å². The first kappa shape index (κ1) is 17.1. The Morgan fingerprint density at radius 1 is 1.38 bits per heavy atom. The maximum absolute atomic E-state index is 11.8. The van der Waals surface area contributed by atoms with Crippen LogP contribution in [0.15, 0.2) is 0 Å². The van der Waals surface area contributed by atoms with Gasteiger partial charge in [-0.3, -0.25) is 24.1 Å². The van der Waals surface area contributed by atoms with Crippen LogP contribution < -0.4 is 11.1 Å². The molecule has 0 spiro atoms. The summed E-state index contributed by atoms with van der Waals surface area (Å²) in [7, 11) is 0. The highest BCUT2D eigenvalue weighted by Crippen LogP contribution is 2.09. The van der Waals surface area contributed by atoms with Crippen LogP contribution >= 0.6 is 0 Å². The number of rotatable bonds is 6. The molecule has 118 valence electrons. The number of imide groups is 1. The van der Waals surface area contributed by atoms with Gasteiger partial charge in [0.15, 0.2) is 0 Å². The monoisotopic (exact) mass is 298 g/mol. The minimum atomic E-state index is -0.898. The lowest BCUT2D eigenvalue weighted by Crippen LogP contribution is -2.47. The molecule has 0 radical (unpaired) electrons. The van der Waals surface area contributed by atoms with Crippen molar-refractivity contribution >= 4 is 23.6 Å². The summed E-state index contributed by atoms with van der Waals surface area (Å²) in [5.41, 5.74) is 5.29. The van der Waals surface area contributed by atoms with Crippen molar-refractivity contribution in [3.05, 3.63) is 0 Å². The fourth-order valence-corrected chi connectivity index (χ4v) is 2.14. The summed E-state index contributed by atoms with van der Waals surface area (Å²) >= 11 is 0. The molecule has 0 saturated carbocycles. The molecule has 1 saturated heterocycles. The van der Waals surface area contributed by atoms with Crippen LogP contribution in [0.4, 0.5) is 0 Å². The van der Waals surface area contributed by atoms with E-state index in [0.29, 0.717) is 19.4 Å². The van der Waals surface area contributed by atoms with Crippen LogP contribution in [0.2, 0.25) is 0 Å². The van der Waals surface area contributed by atoms with Crippen LogP contribution in [0.3, 0.4) is 0 Å². The van der Waals surface area contributed by atoms with E-state index in [1.54, 1.807) is 4.90 Å². The number of nitrogens with zero attached hydrogens (tertiary/aromatic N) is 2. The third kappa shape index (κ3) is 5.14. The molecule has 0 aromatic carbocycles. The molecule has 1 heterocycles. The largest absolute Gasteiger partial charge is 0.348 e. The minimum absolute atomic E-state index is 0.0177. The van der Waals surface area contributed by atoms with E-state index in [4.69, 9.17) is 5.73 Å². The van der Waals surface area contributed by atoms with Crippen LogP contribution in [-0.4, -0.2) is 66.2 Å². The number of likely N-dealkylation sites (tertiary alicyclic amines) is 1. The first-order valence-electron chi connectivity index (χ1n) is 7.05. The number of nitrogens with two attached hydrogens (primary N) is 1. The van der Waals surface area contributed by atoms with Crippen molar-refractivity contribution in [2.45, 2.75) is 26.2 Å². The Hall–Kier alpha value is -1.96. The molecule has 0 unspecified atom stereocenters. The Bertz CT molecular complexity index is 424. The molecule has 8 heteroatoms. The second kappa shape index (κ2) is 8.35. The number of carbonyl (C=O) groups is 4. The maximum atomic E-state index is 11.8. The van der Waals surface area contributed by atoms with Gasteiger partial charge in [-0.05, 0) is 12.8 Å². The average Bonchev–Trinajstić information content (AvgIpc) is 2.85. The SMILES string of the molecule is CC(=O)N(CCN)C(=O)C(=O)NCCCN1CCCC1=O. The lowest BCUT2D eigenvalue weighted by Gasteiger charge is -2.18. The van der Waals surface area contributed by atoms with Gasteiger partial charge in [-0.2, -0.15) is 0 Å². The number of amides is 4. The summed E-state index contributed by atoms with van der Waals surface area (Å²) in [6.45, 7) is 2.93. The molecule has 1 aliphatic rings. The third-order valence-corrected chi connectivity index (χ3v) is 3.23. The second-order valence-corrected chi connectivity index (χ2v) is 4.86. The van der Waals surface area contributed by atoms with Crippen molar-refractivity contribution in [3.8, 4) is 0 Å². The third-order valence-electron chi connectivity index (χ3n) is 3.23.